The average molecular weight is 313 g/mol. The minimum Gasteiger partial charge on any atom is -0.473 e. The summed E-state index contributed by atoms with van der Waals surface area (Å²) in [5.74, 6) is 0.714. The van der Waals surface area contributed by atoms with Crippen LogP contribution in [0.3, 0.4) is 0 Å². The molecule has 1 aromatic carbocycles. The Hall–Kier alpha value is -1.72. The molecule has 0 saturated carbocycles. The molecule has 0 saturated heterocycles. The first-order valence-electron chi connectivity index (χ1n) is 5.97. The molecule has 1 aromatic heterocycles. The van der Waals surface area contributed by atoms with Crippen LogP contribution in [0.4, 0.5) is 17.2 Å². The molecular weight excluding hydrogens is 299 g/mol. The summed E-state index contributed by atoms with van der Waals surface area (Å²) in [6.45, 7) is 3.78. The topological polar surface area (TPSA) is 73.1 Å². The van der Waals surface area contributed by atoms with Crippen molar-refractivity contribution in [1.82, 2.24) is 9.97 Å². The molecular formula is C13H14Cl2N4O. The summed E-state index contributed by atoms with van der Waals surface area (Å²) in [5, 5.41) is 3.95. The van der Waals surface area contributed by atoms with Gasteiger partial charge in [0.1, 0.15) is 12.0 Å². The van der Waals surface area contributed by atoms with E-state index in [2.05, 4.69) is 15.3 Å². The molecule has 20 heavy (non-hydrogen) atoms. The standard InChI is InChI=1S/C13H14Cl2N4O/c1-7(2)20-13-10(16)12(17-6-18-13)19-11-8(14)4-3-5-9(11)15/h3-7H,16H2,1-2H3,(H,17,18,19). The van der Waals surface area contributed by atoms with Gasteiger partial charge < -0.3 is 15.8 Å². The second-order valence-electron chi connectivity index (χ2n) is 4.33. The lowest BCUT2D eigenvalue weighted by molar-refractivity contribution is 0.234. The van der Waals surface area contributed by atoms with Crippen LogP contribution < -0.4 is 15.8 Å². The Bertz CT molecular complexity index is 599. The van der Waals surface area contributed by atoms with Crippen LogP contribution in [0.25, 0.3) is 0 Å². The fraction of sp³-hybridized carbons (Fsp3) is 0.231. The summed E-state index contributed by atoms with van der Waals surface area (Å²) in [6.07, 6.45) is 1.32. The minimum absolute atomic E-state index is 0.0380. The molecule has 0 aliphatic heterocycles. The van der Waals surface area contributed by atoms with Crippen molar-refractivity contribution >= 4 is 40.4 Å². The van der Waals surface area contributed by atoms with Gasteiger partial charge in [0.15, 0.2) is 5.82 Å². The number of hydrogen-bond acceptors (Lipinski definition) is 5. The van der Waals surface area contributed by atoms with Crippen molar-refractivity contribution in [2.45, 2.75) is 20.0 Å². The summed E-state index contributed by atoms with van der Waals surface area (Å²) in [7, 11) is 0. The Morgan fingerprint density at radius 3 is 2.45 bits per heavy atom. The Balaban J connectivity index is 2.35. The number of anilines is 3. The van der Waals surface area contributed by atoms with E-state index in [1.165, 1.54) is 6.33 Å². The summed E-state index contributed by atoms with van der Waals surface area (Å²) < 4.78 is 5.50. The van der Waals surface area contributed by atoms with Gasteiger partial charge in [0, 0.05) is 0 Å². The van der Waals surface area contributed by atoms with E-state index in [-0.39, 0.29) is 6.10 Å². The molecule has 0 spiro atoms. The van der Waals surface area contributed by atoms with Crippen LogP contribution in [0.5, 0.6) is 5.88 Å². The highest BCUT2D eigenvalue weighted by molar-refractivity contribution is 6.39. The third kappa shape index (κ3) is 3.23. The Morgan fingerprint density at radius 2 is 1.85 bits per heavy atom. The van der Waals surface area contributed by atoms with Crippen molar-refractivity contribution in [3.05, 3.63) is 34.6 Å². The van der Waals surface area contributed by atoms with Crippen molar-refractivity contribution in [3.8, 4) is 5.88 Å². The molecule has 7 heteroatoms. The van der Waals surface area contributed by atoms with Gasteiger partial charge in [-0.25, -0.2) is 4.98 Å². The van der Waals surface area contributed by atoms with Crippen molar-refractivity contribution in [1.29, 1.82) is 0 Å². The van der Waals surface area contributed by atoms with Crippen molar-refractivity contribution in [3.63, 3.8) is 0 Å². The van der Waals surface area contributed by atoms with Crippen LogP contribution in [0.2, 0.25) is 10.0 Å². The Morgan fingerprint density at radius 1 is 1.20 bits per heavy atom. The number of para-hydroxylation sites is 1. The van der Waals surface area contributed by atoms with Crippen LogP contribution in [0.15, 0.2) is 24.5 Å². The molecule has 0 bridgehead atoms. The zero-order chi connectivity index (χ0) is 14.7. The molecule has 0 amide bonds. The number of rotatable bonds is 4. The van der Waals surface area contributed by atoms with Gasteiger partial charge in [0.25, 0.3) is 0 Å². The fourth-order valence-corrected chi connectivity index (χ4v) is 2.02. The molecule has 106 valence electrons. The van der Waals surface area contributed by atoms with Gasteiger partial charge in [-0.2, -0.15) is 4.98 Å². The van der Waals surface area contributed by atoms with E-state index in [1.54, 1.807) is 18.2 Å². The predicted octanol–water partition coefficient (Wildman–Crippen LogP) is 3.90. The lowest BCUT2D eigenvalue weighted by Crippen LogP contribution is -2.11. The first-order chi connectivity index (χ1) is 9.49. The first-order valence-corrected chi connectivity index (χ1v) is 6.72. The number of nitrogens with two attached hydrogens (primary N) is 1. The maximum absolute atomic E-state index is 6.09. The summed E-state index contributed by atoms with van der Waals surface area (Å²) in [5.41, 5.74) is 6.82. The highest BCUT2D eigenvalue weighted by Crippen LogP contribution is 2.35. The van der Waals surface area contributed by atoms with Crippen LogP contribution in [0.1, 0.15) is 13.8 Å². The number of nitrogen functional groups attached to an aromatic ring is 1. The molecule has 0 aliphatic carbocycles. The smallest absolute Gasteiger partial charge is 0.242 e. The van der Waals surface area contributed by atoms with Crippen molar-refractivity contribution < 1.29 is 4.74 Å². The number of aromatic nitrogens is 2. The van der Waals surface area contributed by atoms with E-state index in [1.807, 2.05) is 13.8 Å². The molecule has 3 N–H and O–H groups in total. The summed E-state index contributed by atoms with van der Waals surface area (Å²) in [4.78, 5) is 8.08. The maximum atomic E-state index is 6.09. The number of benzene rings is 1. The summed E-state index contributed by atoms with van der Waals surface area (Å²) >= 11 is 12.2. The fourth-order valence-electron chi connectivity index (χ4n) is 1.53. The normalized spacial score (nSPS) is 10.7. The zero-order valence-corrected chi connectivity index (χ0v) is 12.5. The predicted molar refractivity (Wildman–Crippen MR) is 82.0 cm³/mol. The van der Waals surface area contributed by atoms with E-state index >= 15 is 0 Å². The van der Waals surface area contributed by atoms with E-state index in [0.717, 1.165) is 0 Å². The number of hydrogen-bond donors (Lipinski definition) is 2. The van der Waals surface area contributed by atoms with Gasteiger partial charge in [-0.15, -0.1) is 0 Å². The van der Waals surface area contributed by atoms with Gasteiger partial charge in [-0.1, -0.05) is 29.3 Å². The van der Waals surface area contributed by atoms with E-state index in [0.29, 0.717) is 33.1 Å². The molecule has 1 heterocycles. The van der Waals surface area contributed by atoms with Crippen LogP contribution in [-0.2, 0) is 0 Å². The number of nitrogens with one attached hydrogen (secondary N) is 1. The monoisotopic (exact) mass is 312 g/mol. The largest absolute Gasteiger partial charge is 0.473 e. The molecule has 0 unspecified atom stereocenters. The van der Waals surface area contributed by atoms with Gasteiger partial charge in [-0.3, -0.25) is 0 Å². The van der Waals surface area contributed by atoms with Crippen molar-refractivity contribution in [2.75, 3.05) is 11.1 Å². The lowest BCUT2D eigenvalue weighted by Gasteiger charge is -2.14. The summed E-state index contributed by atoms with van der Waals surface area (Å²) in [6, 6.07) is 5.20. The van der Waals surface area contributed by atoms with Gasteiger partial charge in [0.2, 0.25) is 5.88 Å². The Kier molecular flexibility index (Phi) is 4.52. The molecule has 2 rings (SSSR count). The SMILES string of the molecule is CC(C)Oc1ncnc(Nc2c(Cl)cccc2Cl)c1N. The number of ether oxygens (including phenoxy) is 1. The lowest BCUT2D eigenvalue weighted by atomic mass is 10.3. The van der Waals surface area contributed by atoms with Crippen LogP contribution in [0, 0.1) is 0 Å². The van der Waals surface area contributed by atoms with E-state index in [4.69, 9.17) is 33.7 Å². The van der Waals surface area contributed by atoms with E-state index < -0.39 is 0 Å². The molecule has 5 nitrogen and oxygen atoms in total. The molecule has 0 aliphatic rings. The highest BCUT2D eigenvalue weighted by atomic mass is 35.5. The van der Waals surface area contributed by atoms with Crippen LogP contribution >= 0.6 is 23.2 Å². The first kappa shape index (κ1) is 14.7. The third-order valence-corrected chi connectivity index (χ3v) is 3.03. The molecule has 2 aromatic rings. The molecule has 0 radical (unpaired) electrons. The second-order valence-corrected chi connectivity index (χ2v) is 5.14. The Labute approximate surface area is 127 Å². The van der Waals surface area contributed by atoms with Gasteiger partial charge in [-0.05, 0) is 26.0 Å². The number of nitrogens with zero attached hydrogens (tertiary/aromatic N) is 2. The number of halogens is 2. The van der Waals surface area contributed by atoms with Gasteiger partial charge in [0.05, 0.1) is 21.8 Å². The third-order valence-electron chi connectivity index (χ3n) is 2.40. The quantitative estimate of drug-likeness (QED) is 0.895. The maximum Gasteiger partial charge on any atom is 0.242 e. The van der Waals surface area contributed by atoms with Crippen LogP contribution in [-0.4, -0.2) is 16.1 Å². The highest BCUT2D eigenvalue weighted by Gasteiger charge is 2.13. The van der Waals surface area contributed by atoms with Gasteiger partial charge >= 0.3 is 0 Å². The second kappa shape index (κ2) is 6.15. The molecule has 0 atom stereocenters. The average Bonchev–Trinajstić information content (AvgIpc) is 2.37. The van der Waals surface area contributed by atoms with E-state index in [9.17, 15) is 0 Å². The zero-order valence-electron chi connectivity index (χ0n) is 11.0. The minimum atomic E-state index is -0.0380. The molecule has 0 fully saturated rings. The van der Waals surface area contributed by atoms with Crippen molar-refractivity contribution in [2.24, 2.45) is 0 Å².